The maximum absolute atomic E-state index is 5.01. The van der Waals surface area contributed by atoms with Crippen LogP contribution in [-0.4, -0.2) is 73.1 Å². The predicted molar refractivity (Wildman–Crippen MR) is 167 cm³/mol. The number of hydrogen-bond acceptors (Lipinski definition) is 6. The minimum absolute atomic E-state index is 0. The molecule has 0 aliphatic heterocycles. The van der Waals surface area contributed by atoms with E-state index in [-0.39, 0.29) is 47.8 Å². The monoisotopic (exact) mass is 668 g/mol. The van der Waals surface area contributed by atoms with Gasteiger partial charge in [-0.2, -0.15) is 5.10 Å². The van der Waals surface area contributed by atoms with Gasteiger partial charge in [0.15, 0.2) is 5.65 Å². The van der Waals surface area contributed by atoms with Gasteiger partial charge in [0.05, 0.1) is 23.6 Å². The third-order valence-corrected chi connectivity index (χ3v) is 5.98. The second-order valence-corrected chi connectivity index (χ2v) is 8.82. The van der Waals surface area contributed by atoms with Crippen LogP contribution in [-0.2, 0) is 12.8 Å². The quantitative estimate of drug-likeness (QED) is 0.194. The Labute approximate surface area is 268 Å². The maximum atomic E-state index is 5.01. The van der Waals surface area contributed by atoms with Crippen molar-refractivity contribution in [2.24, 2.45) is 4.99 Å². The van der Waals surface area contributed by atoms with Crippen LogP contribution in [0.1, 0.15) is 43.4 Å². The third kappa shape index (κ3) is 10.1. The van der Waals surface area contributed by atoms with Crippen LogP contribution in [0.15, 0.2) is 48.2 Å². The standard InChI is InChI=1S/C21H18N4.C5H14N2.C2H5N.C2H6.CH3.Sm/c1-2-13-7-9-14(10-8-13)20-16-6-4-3-5-15(16)19-17-11-23-25-21(17)22-12-18(19)24-20;1-6-4-5-7(2)3;1-3-2;1-2;;/h2,7-12H,1,3-6H2,(H,22,23,25);6H,4-5H2,1-3H3;1H2,2H3;1-2H3;1H3;/q;;;;-1;. The first-order valence-electron chi connectivity index (χ1n) is 13.0. The van der Waals surface area contributed by atoms with E-state index in [4.69, 9.17) is 4.98 Å². The largest absolute Gasteiger partial charge is 0.358 e. The number of aliphatic imine (C=N–C) groups is 1. The Bertz CT molecular complexity index is 1260. The molecule has 0 amide bonds. The molecule has 2 N–H and O–H groups in total. The smallest absolute Gasteiger partial charge is 0.155 e. The number of aryl methyl sites for hydroxylation is 1. The molecule has 0 saturated heterocycles. The molecule has 4 aromatic rings. The fourth-order valence-electron chi connectivity index (χ4n) is 4.27. The van der Waals surface area contributed by atoms with Crippen molar-refractivity contribution in [3.8, 4) is 11.3 Å². The molecule has 0 bridgehead atoms. The van der Waals surface area contributed by atoms with Crippen molar-refractivity contribution in [2.45, 2.75) is 39.5 Å². The topological polar surface area (TPSA) is 82.1 Å². The van der Waals surface area contributed by atoms with Crippen LogP contribution in [0.3, 0.4) is 0 Å². The molecule has 0 fully saturated rings. The molecule has 3 heterocycles. The molecule has 8 heteroatoms. The number of nitrogens with zero attached hydrogens (tertiary/aromatic N) is 5. The zero-order chi connectivity index (χ0) is 27.2. The second kappa shape index (κ2) is 19.9. The summed E-state index contributed by atoms with van der Waals surface area (Å²) in [7, 11) is 7.73. The molecule has 0 radical (unpaired) electrons. The van der Waals surface area contributed by atoms with Crippen LogP contribution in [0.5, 0.6) is 0 Å². The minimum atomic E-state index is 0. The summed E-state index contributed by atoms with van der Waals surface area (Å²) in [5.41, 5.74) is 8.00. The summed E-state index contributed by atoms with van der Waals surface area (Å²) in [6.07, 6.45) is 10.2. The second-order valence-electron chi connectivity index (χ2n) is 8.82. The molecule has 1 aromatic carbocycles. The van der Waals surface area contributed by atoms with Crippen LogP contribution < -0.4 is 5.32 Å². The predicted octanol–water partition coefficient (Wildman–Crippen LogP) is 6.26. The van der Waals surface area contributed by atoms with E-state index in [1.807, 2.05) is 39.4 Å². The molecular formula is C31H46N7Sm-. The van der Waals surface area contributed by atoms with Gasteiger partial charge < -0.3 is 22.6 Å². The number of aromatic amines is 1. The average molecular weight is 667 g/mol. The van der Waals surface area contributed by atoms with E-state index in [9.17, 15) is 0 Å². The van der Waals surface area contributed by atoms with Gasteiger partial charge >= 0.3 is 0 Å². The fraction of sp³-hybridized carbons (Fsp3) is 0.387. The van der Waals surface area contributed by atoms with Gasteiger partial charge in [-0.25, -0.2) is 9.97 Å². The summed E-state index contributed by atoms with van der Waals surface area (Å²) in [4.78, 5) is 14.9. The van der Waals surface area contributed by atoms with E-state index in [1.54, 1.807) is 7.05 Å². The van der Waals surface area contributed by atoms with Crippen LogP contribution >= 0.6 is 0 Å². The van der Waals surface area contributed by atoms with Crippen LogP contribution in [0.4, 0.5) is 0 Å². The first kappa shape index (κ1) is 36.9. The first-order valence-corrected chi connectivity index (χ1v) is 13.0. The van der Waals surface area contributed by atoms with Crippen molar-refractivity contribution >= 4 is 34.7 Å². The van der Waals surface area contributed by atoms with Crippen LogP contribution in [0, 0.1) is 47.8 Å². The normalized spacial score (nSPS) is 11.3. The molecule has 3 aromatic heterocycles. The first-order chi connectivity index (χ1) is 18.0. The van der Waals surface area contributed by atoms with Gasteiger partial charge in [-0.05, 0) is 70.2 Å². The molecule has 212 valence electrons. The number of H-pyrrole nitrogens is 1. The van der Waals surface area contributed by atoms with Crippen molar-refractivity contribution in [1.29, 1.82) is 0 Å². The molecule has 0 unspecified atom stereocenters. The van der Waals surface area contributed by atoms with E-state index >= 15 is 0 Å². The zero-order valence-corrected chi connectivity index (χ0v) is 27.5. The molecule has 7 nitrogen and oxygen atoms in total. The molecule has 1 aliphatic rings. The number of fused-ring (bicyclic) bond motifs is 5. The van der Waals surface area contributed by atoms with Crippen molar-refractivity contribution in [3.05, 3.63) is 67.4 Å². The van der Waals surface area contributed by atoms with Crippen LogP contribution in [0.25, 0.3) is 39.3 Å². The van der Waals surface area contributed by atoms with Gasteiger partial charge in [-0.1, -0.05) is 50.8 Å². The summed E-state index contributed by atoms with van der Waals surface area (Å²) in [5.74, 6) is 0. The van der Waals surface area contributed by atoms with E-state index < -0.39 is 0 Å². The molecule has 5 rings (SSSR count). The summed E-state index contributed by atoms with van der Waals surface area (Å²) in [6, 6.07) is 8.48. The van der Waals surface area contributed by atoms with E-state index in [2.05, 4.69) is 82.0 Å². The Morgan fingerprint density at radius 1 is 1.08 bits per heavy atom. The van der Waals surface area contributed by atoms with Crippen molar-refractivity contribution in [3.63, 3.8) is 0 Å². The Morgan fingerprint density at radius 2 is 1.69 bits per heavy atom. The Balaban J connectivity index is 0.000000890. The average Bonchev–Trinajstić information content (AvgIpc) is 3.42. The SMILES string of the molecule is C=Cc1ccc(-c2nc3cnc4[nH]ncc4c3c3c2CCCC3)cc1.C=NC.CC.CNCCN(C)C.[CH3-].[Sm]. The van der Waals surface area contributed by atoms with Crippen LogP contribution in [0.2, 0.25) is 0 Å². The Kier molecular flexibility index (Phi) is 18.8. The van der Waals surface area contributed by atoms with Gasteiger partial charge in [0, 0.05) is 76.9 Å². The summed E-state index contributed by atoms with van der Waals surface area (Å²) >= 11 is 0. The van der Waals surface area contributed by atoms with Crippen molar-refractivity contribution in [1.82, 2.24) is 30.4 Å². The molecule has 0 spiro atoms. The zero-order valence-electron chi connectivity index (χ0n) is 24.8. The number of benzene rings is 1. The van der Waals surface area contributed by atoms with Gasteiger partial charge in [0.1, 0.15) is 0 Å². The summed E-state index contributed by atoms with van der Waals surface area (Å²) in [5, 5.41) is 12.5. The van der Waals surface area contributed by atoms with E-state index in [0.717, 1.165) is 59.3 Å². The molecule has 39 heavy (non-hydrogen) atoms. The molecular weight excluding hydrogens is 621 g/mol. The van der Waals surface area contributed by atoms with Gasteiger partial charge in [0.2, 0.25) is 0 Å². The summed E-state index contributed by atoms with van der Waals surface area (Å²) in [6.45, 7) is 13.1. The maximum Gasteiger partial charge on any atom is 0.155 e. The number of hydrogen-bond donors (Lipinski definition) is 2. The van der Waals surface area contributed by atoms with Gasteiger partial charge in [0.25, 0.3) is 0 Å². The number of aromatic nitrogens is 4. The van der Waals surface area contributed by atoms with Gasteiger partial charge in [-0.15, -0.1) is 0 Å². The van der Waals surface area contributed by atoms with Crippen molar-refractivity contribution in [2.75, 3.05) is 41.3 Å². The molecule has 0 saturated carbocycles. The van der Waals surface area contributed by atoms with Crippen molar-refractivity contribution < 1.29 is 40.4 Å². The summed E-state index contributed by atoms with van der Waals surface area (Å²) < 4.78 is 0. The Morgan fingerprint density at radius 3 is 2.23 bits per heavy atom. The number of rotatable bonds is 5. The van der Waals surface area contributed by atoms with Gasteiger partial charge in [-0.3, -0.25) is 5.10 Å². The number of nitrogens with one attached hydrogen (secondary N) is 2. The molecule has 0 atom stereocenters. The minimum Gasteiger partial charge on any atom is -0.358 e. The molecule has 1 aliphatic carbocycles. The number of pyridine rings is 2. The van der Waals surface area contributed by atoms with E-state index in [0.29, 0.717) is 0 Å². The Hall–Kier alpha value is -2.08. The van der Waals surface area contributed by atoms with E-state index in [1.165, 1.54) is 29.4 Å². The fourth-order valence-corrected chi connectivity index (χ4v) is 4.27. The third-order valence-electron chi connectivity index (χ3n) is 5.98. The number of likely N-dealkylation sites (N-methyl/N-ethyl adjacent to an activating group) is 2.